The van der Waals surface area contributed by atoms with Crippen LogP contribution >= 0.6 is 11.6 Å². The predicted molar refractivity (Wildman–Crippen MR) is 92.3 cm³/mol. The number of anilines is 2. The van der Waals surface area contributed by atoms with Crippen LogP contribution in [0.4, 0.5) is 15.8 Å². The van der Waals surface area contributed by atoms with Crippen LogP contribution in [0, 0.1) is 5.82 Å². The second kappa shape index (κ2) is 7.14. The zero-order valence-electron chi connectivity index (χ0n) is 12.7. The van der Waals surface area contributed by atoms with Crippen molar-refractivity contribution >= 4 is 34.8 Å². The summed E-state index contributed by atoms with van der Waals surface area (Å²) >= 11 is 5.87. The highest BCUT2D eigenvalue weighted by Gasteiger charge is 2.12. The number of amides is 2. The summed E-state index contributed by atoms with van der Waals surface area (Å²) in [6.45, 7) is 0. The minimum atomic E-state index is -0.515. The lowest BCUT2D eigenvalue weighted by Gasteiger charge is -2.08. The maximum atomic E-state index is 13.0. The normalized spacial score (nSPS) is 10.3. The number of nitrogens with one attached hydrogen (secondary N) is 3. The summed E-state index contributed by atoms with van der Waals surface area (Å²) in [6.07, 6.45) is 2.82. The fourth-order valence-corrected chi connectivity index (χ4v) is 2.34. The lowest BCUT2D eigenvalue weighted by atomic mass is 10.2. The van der Waals surface area contributed by atoms with Crippen molar-refractivity contribution in [2.24, 2.45) is 0 Å². The second-order valence-corrected chi connectivity index (χ2v) is 5.48. The number of H-pyrrole nitrogens is 1. The highest BCUT2D eigenvalue weighted by atomic mass is 35.5. The number of imidazole rings is 1. The molecule has 0 aliphatic carbocycles. The Bertz CT molecular complexity index is 911. The Morgan fingerprint density at radius 2 is 1.64 bits per heavy atom. The van der Waals surface area contributed by atoms with E-state index in [0.29, 0.717) is 17.1 Å². The van der Waals surface area contributed by atoms with E-state index in [-0.39, 0.29) is 16.5 Å². The van der Waals surface area contributed by atoms with Crippen molar-refractivity contribution in [2.45, 2.75) is 0 Å². The molecule has 126 valence electrons. The molecular weight excluding hydrogens is 347 g/mol. The molecule has 3 rings (SSSR count). The topological polar surface area (TPSA) is 86.9 Å². The van der Waals surface area contributed by atoms with Gasteiger partial charge >= 0.3 is 0 Å². The van der Waals surface area contributed by atoms with E-state index < -0.39 is 11.7 Å². The molecule has 0 bridgehead atoms. The Labute approximate surface area is 147 Å². The number of rotatable bonds is 4. The smallest absolute Gasteiger partial charge is 0.273 e. The average Bonchev–Trinajstić information content (AvgIpc) is 3.11. The van der Waals surface area contributed by atoms with Crippen LogP contribution in [0.3, 0.4) is 0 Å². The molecule has 0 spiro atoms. The molecule has 0 saturated carbocycles. The summed E-state index contributed by atoms with van der Waals surface area (Å²) in [5, 5.41) is 5.37. The number of carbonyl (C=O) groups is 2. The van der Waals surface area contributed by atoms with Crippen molar-refractivity contribution in [3.63, 3.8) is 0 Å². The minimum absolute atomic E-state index is 0.0286. The van der Waals surface area contributed by atoms with Gasteiger partial charge in [-0.25, -0.2) is 9.37 Å². The molecule has 1 aromatic heterocycles. The molecule has 0 fully saturated rings. The third-order valence-corrected chi connectivity index (χ3v) is 3.63. The van der Waals surface area contributed by atoms with Crippen LogP contribution in [0.15, 0.2) is 55.0 Å². The monoisotopic (exact) mass is 358 g/mol. The lowest BCUT2D eigenvalue weighted by Crippen LogP contribution is -2.13. The van der Waals surface area contributed by atoms with Crippen LogP contribution in [-0.4, -0.2) is 21.8 Å². The Morgan fingerprint density at radius 3 is 2.20 bits per heavy atom. The van der Waals surface area contributed by atoms with Gasteiger partial charge in [0, 0.05) is 11.4 Å². The summed E-state index contributed by atoms with van der Waals surface area (Å²) in [5.74, 6) is -1.30. The fourth-order valence-electron chi connectivity index (χ4n) is 2.09. The van der Waals surface area contributed by atoms with Crippen molar-refractivity contribution in [2.75, 3.05) is 10.6 Å². The molecule has 0 saturated heterocycles. The number of halogens is 2. The number of nitrogens with zero attached hydrogens (tertiary/aromatic N) is 1. The summed E-state index contributed by atoms with van der Waals surface area (Å²) in [7, 11) is 0. The van der Waals surface area contributed by atoms with E-state index in [9.17, 15) is 14.0 Å². The Balaban J connectivity index is 1.66. The van der Waals surface area contributed by atoms with Gasteiger partial charge in [0.15, 0.2) is 0 Å². The quantitative estimate of drug-likeness (QED) is 0.664. The Morgan fingerprint density at radius 1 is 1.00 bits per heavy atom. The van der Waals surface area contributed by atoms with E-state index in [1.165, 1.54) is 18.6 Å². The highest BCUT2D eigenvalue weighted by molar-refractivity contribution is 6.34. The van der Waals surface area contributed by atoms with Gasteiger partial charge in [0.05, 0.1) is 23.1 Å². The van der Waals surface area contributed by atoms with Crippen LogP contribution < -0.4 is 10.6 Å². The first-order valence-corrected chi connectivity index (χ1v) is 7.57. The summed E-state index contributed by atoms with van der Waals surface area (Å²) < 4.78 is 13.0. The third kappa shape index (κ3) is 4.02. The van der Waals surface area contributed by atoms with Crippen molar-refractivity contribution in [3.05, 3.63) is 77.1 Å². The third-order valence-electron chi connectivity index (χ3n) is 3.32. The number of hydrogen-bond acceptors (Lipinski definition) is 3. The zero-order valence-corrected chi connectivity index (χ0v) is 13.5. The van der Waals surface area contributed by atoms with Gasteiger partial charge in [-0.2, -0.15) is 0 Å². The molecule has 3 aromatic rings. The average molecular weight is 359 g/mol. The van der Waals surface area contributed by atoms with Crippen molar-refractivity contribution < 1.29 is 14.0 Å². The molecule has 6 nitrogen and oxygen atoms in total. The molecule has 0 radical (unpaired) electrons. The Kier molecular flexibility index (Phi) is 4.76. The van der Waals surface area contributed by atoms with Crippen LogP contribution in [0.1, 0.15) is 20.8 Å². The van der Waals surface area contributed by atoms with Gasteiger partial charge in [-0.3, -0.25) is 9.59 Å². The van der Waals surface area contributed by atoms with Crippen molar-refractivity contribution in [1.29, 1.82) is 0 Å². The van der Waals surface area contributed by atoms with E-state index in [1.807, 2.05) is 0 Å². The van der Waals surface area contributed by atoms with Crippen LogP contribution in [0.25, 0.3) is 0 Å². The van der Waals surface area contributed by atoms with E-state index in [0.717, 1.165) is 12.1 Å². The SMILES string of the molecule is O=C(Nc1ccc(NC(=O)c2ccc(F)cc2Cl)cc1)c1cnc[nH]1. The van der Waals surface area contributed by atoms with Crippen LogP contribution in [0.5, 0.6) is 0 Å². The van der Waals surface area contributed by atoms with Gasteiger partial charge in [-0.05, 0) is 42.5 Å². The zero-order chi connectivity index (χ0) is 17.8. The molecular formula is C17H12ClFN4O2. The maximum Gasteiger partial charge on any atom is 0.273 e. The van der Waals surface area contributed by atoms with Gasteiger partial charge in [0.1, 0.15) is 11.5 Å². The van der Waals surface area contributed by atoms with Crippen LogP contribution in [0.2, 0.25) is 5.02 Å². The fraction of sp³-hybridized carbons (Fsp3) is 0. The van der Waals surface area contributed by atoms with Gasteiger partial charge < -0.3 is 15.6 Å². The molecule has 8 heteroatoms. The van der Waals surface area contributed by atoms with Gasteiger partial charge in [-0.15, -0.1) is 0 Å². The molecule has 2 amide bonds. The number of aromatic amines is 1. The summed E-state index contributed by atoms with van der Waals surface area (Å²) in [5.41, 5.74) is 1.56. The first-order valence-electron chi connectivity index (χ1n) is 7.19. The number of carbonyl (C=O) groups excluding carboxylic acids is 2. The van der Waals surface area contributed by atoms with E-state index in [2.05, 4.69) is 20.6 Å². The molecule has 25 heavy (non-hydrogen) atoms. The van der Waals surface area contributed by atoms with E-state index in [1.54, 1.807) is 24.3 Å². The van der Waals surface area contributed by atoms with Gasteiger partial charge in [0.25, 0.3) is 11.8 Å². The van der Waals surface area contributed by atoms with E-state index >= 15 is 0 Å². The molecule has 1 heterocycles. The van der Waals surface area contributed by atoms with Gasteiger partial charge in [0.2, 0.25) is 0 Å². The van der Waals surface area contributed by atoms with Crippen LogP contribution in [-0.2, 0) is 0 Å². The molecule has 0 atom stereocenters. The number of hydrogen-bond donors (Lipinski definition) is 3. The first-order chi connectivity index (χ1) is 12.0. The molecule has 3 N–H and O–H groups in total. The standard InChI is InChI=1S/C17H12ClFN4O2/c18-14-7-10(19)1-6-13(14)16(24)22-11-2-4-12(5-3-11)23-17(25)15-8-20-9-21-15/h1-9H,(H,20,21)(H,22,24)(H,23,25). The van der Waals surface area contributed by atoms with Crippen molar-refractivity contribution in [3.8, 4) is 0 Å². The van der Waals surface area contributed by atoms with Crippen molar-refractivity contribution in [1.82, 2.24) is 9.97 Å². The second-order valence-electron chi connectivity index (χ2n) is 5.08. The molecule has 0 aliphatic rings. The number of benzene rings is 2. The maximum absolute atomic E-state index is 13.0. The number of aromatic nitrogens is 2. The van der Waals surface area contributed by atoms with E-state index in [4.69, 9.17) is 11.6 Å². The minimum Gasteiger partial charge on any atom is -0.341 e. The molecule has 0 aliphatic heterocycles. The summed E-state index contributed by atoms with van der Waals surface area (Å²) in [4.78, 5) is 30.5. The van der Waals surface area contributed by atoms with Gasteiger partial charge in [-0.1, -0.05) is 11.6 Å². The first kappa shape index (κ1) is 16.7. The Hall–Kier alpha value is -3.19. The predicted octanol–water partition coefficient (Wildman–Crippen LogP) is 3.71. The largest absolute Gasteiger partial charge is 0.341 e. The lowest BCUT2D eigenvalue weighted by molar-refractivity contribution is 0.101. The highest BCUT2D eigenvalue weighted by Crippen LogP contribution is 2.20. The molecule has 2 aromatic carbocycles. The summed E-state index contributed by atoms with van der Waals surface area (Å²) in [6, 6.07) is 10.1. The molecule has 0 unspecified atom stereocenters.